The van der Waals surface area contributed by atoms with E-state index >= 15 is 8.78 Å². The second kappa shape index (κ2) is 20.2. The highest BCUT2D eigenvalue weighted by Crippen LogP contribution is 2.50. The molecule has 0 saturated carbocycles. The van der Waals surface area contributed by atoms with Crippen LogP contribution in [0.2, 0.25) is 16.6 Å². The van der Waals surface area contributed by atoms with E-state index in [0.29, 0.717) is 48.0 Å². The normalized spacial score (nSPS) is 20.5. The van der Waals surface area contributed by atoms with E-state index in [1.165, 1.54) is 22.6 Å². The predicted molar refractivity (Wildman–Crippen MR) is 293 cm³/mol. The summed E-state index contributed by atoms with van der Waals surface area (Å²) in [6.07, 6.45) is 4.21. The van der Waals surface area contributed by atoms with Gasteiger partial charge in [-0.05, 0) is 184 Å². The highest BCUT2D eigenvalue weighted by Gasteiger charge is 2.47. The molecule has 73 heavy (non-hydrogen) atoms. The lowest BCUT2D eigenvalue weighted by Crippen LogP contribution is -2.52. The molecule has 386 valence electrons. The van der Waals surface area contributed by atoms with Gasteiger partial charge in [0.1, 0.15) is 40.1 Å². The Morgan fingerprint density at radius 2 is 1.42 bits per heavy atom. The molecule has 1 aliphatic carbocycles. The van der Waals surface area contributed by atoms with E-state index in [1.54, 1.807) is 35.6 Å². The molecule has 6 aromatic rings. The Kier molecular flexibility index (Phi) is 14.2. The van der Waals surface area contributed by atoms with E-state index < -0.39 is 31.5 Å². The summed E-state index contributed by atoms with van der Waals surface area (Å²) in [5, 5.41) is 22.0. The number of aromatic nitrogens is 3. The number of halogens is 3. The van der Waals surface area contributed by atoms with Crippen LogP contribution in [0.15, 0.2) is 83.9 Å². The molecule has 5 heterocycles. The summed E-state index contributed by atoms with van der Waals surface area (Å²) in [6, 6.07) is 24.3. The molecule has 2 saturated heterocycles. The fourth-order valence-corrected chi connectivity index (χ4v) is 19.9. The Balaban J connectivity index is 0.801. The van der Waals surface area contributed by atoms with Crippen molar-refractivity contribution in [2.75, 3.05) is 37.6 Å². The molecule has 2 fully saturated rings. The molecule has 0 spiro atoms. The van der Waals surface area contributed by atoms with Crippen molar-refractivity contribution in [3.05, 3.63) is 157 Å². The number of anilines is 1. The maximum absolute atomic E-state index is 16.9. The van der Waals surface area contributed by atoms with Gasteiger partial charge in [0, 0.05) is 52.8 Å². The van der Waals surface area contributed by atoms with Crippen molar-refractivity contribution in [1.29, 1.82) is 0 Å². The molecule has 10 rings (SSSR count). The molecule has 2 aromatic heterocycles. The van der Waals surface area contributed by atoms with Crippen LogP contribution in [-0.2, 0) is 6.42 Å². The second-order valence-corrected chi connectivity index (χ2v) is 29.3. The first-order valence-corrected chi connectivity index (χ1v) is 29.8. The topological polar surface area (TPSA) is 79.0 Å². The minimum Gasteiger partial charge on any atom is -0.543 e. The Hall–Kier alpha value is -5.08. The quantitative estimate of drug-likeness (QED) is 0.123. The Bertz CT molecular complexity index is 2960. The van der Waals surface area contributed by atoms with Crippen molar-refractivity contribution in [2.45, 2.75) is 154 Å². The van der Waals surface area contributed by atoms with Gasteiger partial charge >= 0.3 is 0 Å². The largest absolute Gasteiger partial charge is 0.543 e. The van der Waals surface area contributed by atoms with E-state index in [4.69, 9.17) is 9.42 Å². The molecule has 4 aliphatic rings. The maximum Gasteiger partial charge on any atom is 0.258 e. The third kappa shape index (κ3) is 9.54. The van der Waals surface area contributed by atoms with Gasteiger partial charge in [-0.15, -0.1) is 21.5 Å². The van der Waals surface area contributed by atoms with E-state index in [2.05, 4.69) is 117 Å². The lowest BCUT2D eigenvalue weighted by Gasteiger charge is -2.43. The highest BCUT2D eigenvalue weighted by molar-refractivity contribution is 7.15. The first kappa shape index (κ1) is 51.4. The average Bonchev–Trinajstić information content (AvgIpc) is 3.85. The Morgan fingerprint density at radius 3 is 2.05 bits per heavy atom. The van der Waals surface area contributed by atoms with Gasteiger partial charge in [-0.1, -0.05) is 71.9 Å². The standard InChI is InChI=1S/C60H73F3N6O2SSi/c1-35(2)73(36(3)4,37(5)6)71-49-20-22-51-45(31-49)15-21-50(43-11-16-47(61)17-12-43)55(51)56-52(62)32-46(33-53(56)63)42-23-27-67(28-24-42)34-60(70)25-29-68(30-26-60)48-18-13-44(14-19-48)57-54-38(7)40(9)72-59(54)69-41(10)65-66-58(69)39(8)64-57/h11-14,16-20,22,31-33,35-37,39,42,50,55,70H,15,21,23-30,34H2,1-10H3/t39-,50?,55?/m0/s1. The zero-order valence-electron chi connectivity index (χ0n) is 44.4. The van der Waals surface area contributed by atoms with Crippen molar-refractivity contribution in [3.8, 4) is 10.8 Å². The van der Waals surface area contributed by atoms with Crippen molar-refractivity contribution < 1.29 is 22.7 Å². The summed E-state index contributed by atoms with van der Waals surface area (Å²) in [4.78, 5) is 11.2. The van der Waals surface area contributed by atoms with Crippen LogP contribution in [0, 0.1) is 38.2 Å². The number of aliphatic imine (C=N–C) groups is 1. The van der Waals surface area contributed by atoms with Crippen LogP contribution in [0.4, 0.5) is 18.9 Å². The fourth-order valence-electron chi connectivity index (χ4n) is 13.5. The number of benzene rings is 4. The Morgan fingerprint density at radius 1 is 0.781 bits per heavy atom. The number of hydrogen-bond donors (Lipinski definition) is 1. The third-order valence-electron chi connectivity index (χ3n) is 17.4. The summed E-state index contributed by atoms with van der Waals surface area (Å²) in [5.74, 6) is 0.354. The van der Waals surface area contributed by atoms with Crippen LogP contribution in [0.3, 0.4) is 0 Å². The Labute approximate surface area is 435 Å². The lowest BCUT2D eigenvalue weighted by molar-refractivity contribution is -0.0213. The molecule has 0 amide bonds. The van der Waals surface area contributed by atoms with Crippen LogP contribution in [-0.4, -0.2) is 77.1 Å². The molecular weight excluding hydrogens is 954 g/mol. The summed E-state index contributed by atoms with van der Waals surface area (Å²) in [7, 11) is -2.24. The summed E-state index contributed by atoms with van der Waals surface area (Å²) in [5.41, 5.74) is 9.55. The molecule has 3 atom stereocenters. The van der Waals surface area contributed by atoms with Gasteiger partial charge in [-0.2, -0.15) is 0 Å². The number of fused-ring (bicyclic) bond motifs is 4. The fraction of sp³-hybridized carbons (Fsp3) is 0.483. The van der Waals surface area contributed by atoms with Gasteiger partial charge in [0.05, 0.1) is 11.3 Å². The number of likely N-dealkylation sites (tertiary alicyclic amines) is 1. The van der Waals surface area contributed by atoms with Crippen LogP contribution >= 0.6 is 11.3 Å². The monoisotopic (exact) mass is 1030 g/mol. The molecule has 13 heteroatoms. The van der Waals surface area contributed by atoms with E-state index in [9.17, 15) is 9.50 Å². The van der Waals surface area contributed by atoms with Crippen LogP contribution in [0.25, 0.3) is 5.00 Å². The summed E-state index contributed by atoms with van der Waals surface area (Å²) < 4.78 is 57.4. The maximum atomic E-state index is 16.9. The third-order valence-corrected chi connectivity index (χ3v) is 24.6. The molecule has 2 unspecified atom stereocenters. The minimum absolute atomic E-state index is 0.00241. The smallest absolute Gasteiger partial charge is 0.258 e. The first-order chi connectivity index (χ1) is 34.8. The van der Waals surface area contributed by atoms with Crippen LogP contribution < -0.4 is 9.33 Å². The van der Waals surface area contributed by atoms with Gasteiger partial charge in [-0.3, -0.25) is 9.56 Å². The molecule has 3 aliphatic heterocycles. The van der Waals surface area contributed by atoms with Crippen molar-refractivity contribution in [1.82, 2.24) is 19.7 Å². The van der Waals surface area contributed by atoms with Gasteiger partial charge in [-0.25, -0.2) is 13.2 Å². The minimum atomic E-state index is -2.24. The number of aryl methyl sites for hydroxylation is 3. The van der Waals surface area contributed by atoms with Crippen LogP contribution in [0.1, 0.15) is 165 Å². The number of piperidine rings is 2. The highest BCUT2D eigenvalue weighted by atomic mass is 32.1. The average molecular weight is 1030 g/mol. The zero-order chi connectivity index (χ0) is 51.7. The van der Waals surface area contributed by atoms with Gasteiger partial charge in [0.2, 0.25) is 0 Å². The van der Waals surface area contributed by atoms with E-state index in [-0.39, 0.29) is 29.3 Å². The van der Waals surface area contributed by atoms with Crippen molar-refractivity contribution in [3.63, 3.8) is 0 Å². The number of nitrogens with zero attached hydrogens (tertiary/aromatic N) is 6. The number of β-amino-alcohol motifs (C(OH)–C–C–N with tert-alkyl or cyclic N) is 1. The number of rotatable bonds is 12. The van der Waals surface area contributed by atoms with Gasteiger partial charge < -0.3 is 19.3 Å². The first-order valence-electron chi connectivity index (χ1n) is 26.8. The number of thiophene rings is 1. The molecular formula is C60H73F3N6O2SSi. The number of hydrogen-bond acceptors (Lipinski definition) is 8. The molecule has 8 nitrogen and oxygen atoms in total. The van der Waals surface area contributed by atoms with E-state index in [1.807, 2.05) is 19.1 Å². The molecule has 0 bridgehead atoms. The zero-order valence-corrected chi connectivity index (χ0v) is 46.2. The molecule has 1 N–H and O–H groups in total. The van der Waals surface area contributed by atoms with E-state index in [0.717, 1.165) is 107 Å². The predicted octanol–water partition coefficient (Wildman–Crippen LogP) is 14.2. The number of aliphatic hydroxyl groups is 1. The summed E-state index contributed by atoms with van der Waals surface area (Å²) in [6.45, 7) is 25.6. The van der Waals surface area contributed by atoms with Gasteiger partial charge in [0.15, 0.2) is 5.82 Å². The second-order valence-electron chi connectivity index (χ2n) is 22.7. The summed E-state index contributed by atoms with van der Waals surface area (Å²) >= 11 is 1.76. The SMILES string of the molecule is Cc1sc2c(c1C)C(c1ccc(N3CCC(O)(CN4CCC(c5cc(F)c(C6c7ccc(O[Si](C(C)C)(C(C)C)C(C)C)cc7CCC6c6ccc(F)cc6)c(F)c5)CC4)CC3)cc1)=N[C@@H](C)c1nnc(C)n1-2. The van der Waals surface area contributed by atoms with Crippen LogP contribution in [0.5, 0.6) is 5.75 Å². The van der Waals surface area contributed by atoms with Crippen molar-refractivity contribution >= 4 is 31.1 Å². The van der Waals surface area contributed by atoms with Crippen molar-refractivity contribution in [2.24, 2.45) is 4.99 Å². The molecule has 0 radical (unpaired) electrons. The lowest BCUT2D eigenvalue weighted by atomic mass is 9.68. The molecule has 4 aromatic carbocycles. The van der Waals surface area contributed by atoms with Gasteiger partial charge in [0.25, 0.3) is 8.32 Å².